The molecule has 1 aromatic rings. The van der Waals surface area contributed by atoms with Crippen LogP contribution in [-0.2, 0) is 10.0 Å². The van der Waals surface area contributed by atoms with Gasteiger partial charge in [-0.05, 0) is 18.4 Å². The summed E-state index contributed by atoms with van der Waals surface area (Å²) in [6.07, 6.45) is 3.17. The van der Waals surface area contributed by atoms with Crippen molar-refractivity contribution in [2.75, 3.05) is 5.75 Å². The van der Waals surface area contributed by atoms with Crippen molar-refractivity contribution < 1.29 is 8.42 Å². The Morgan fingerprint density at radius 2 is 2.15 bits per heavy atom. The predicted molar refractivity (Wildman–Crippen MR) is 51.2 cm³/mol. The first kappa shape index (κ1) is 10.2. The SMILES string of the molecule is CCS(=O)(=O)n1cc(C(C)C)cn1. The van der Waals surface area contributed by atoms with Crippen LogP contribution in [0.2, 0.25) is 0 Å². The highest BCUT2D eigenvalue weighted by Gasteiger charge is 2.12. The minimum Gasteiger partial charge on any atom is -0.205 e. The van der Waals surface area contributed by atoms with Gasteiger partial charge in [-0.3, -0.25) is 0 Å². The average Bonchev–Trinajstić information content (AvgIpc) is 2.52. The fourth-order valence-electron chi connectivity index (χ4n) is 0.900. The van der Waals surface area contributed by atoms with E-state index in [-0.39, 0.29) is 5.75 Å². The Morgan fingerprint density at radius 3 is 2.54 bits per heavy atom. The van der Waals surface area contributed by atoms with Crippen molar-refractivity contribution in [2.24, 2.45) is 0 Å². The van der Waals surface area contributed by atoms with Crippen LogP contribution >= 0.6 is 0 Å². The molecule has 0 radical (unpaired) electrons. The van der Waals surface area contributed by atoms with Gasteiger partial charge in [-0.1, -0.05) is 13.8 Å². The first-order valence-electron chi connectivity index (χ1n) is 4.25. The first-order chi connectivity index (χ1) is 5.97. The number of rotatable bonds is 3. The topological polar surface area (TPSA) is 52.0 Å². The quantitative estimate of drug-likeness (QED) is 0.740. The van der Waals surface area contributed by atoms with Gasteiger partial charge in [0.25, 0.3) is 10.0 Å². The largest absolute Gasteiger partial charge is 0.253 e. The van der Waals surface area contributed by atoms with Gasteiger partial charge in [-0.2, -0.15) is 9.19 Å². The highest BCUT2D eigenvalue weighted by Crippen LogP contribution is 2.13. The van der Waals surface area contributed by atoms with Crippen LogP contribution in [-0.4, -0.2) is 23.4 Å². The van der Waals surface area contributed by atoms with Crippen molar-refractivity contribution in [2.45, 2.75) is 26.7 Å². The monoisotopic (exact) mass is 202 g/mol. The second-order valence-corrected chi connectivity index (χ2v) is 5.32. The van der Waals surface area contributed by atoms with Gasteiger partial charge in [-0.25, -0.2) is 8.42 Å². The van der Waals surface area contributed by atoms with Gasteiger partial charge in [0.1, 0.15) is 0 Å². The van der Waals surface area contributed by atoms with E-state index in [0.717, 1.165) is 9.65 Å². The molecule has 1 heterocycles. The fourth-order valence-corrected chi connectivity index (χ4v) is 1.64. The molecule has 0 aliphatic heterocycles. The summed E-state index contributed by atoms with van der Waals surface area (Å²) in [5.74, 6) is 0.382. The first-order valence-corrected chi connectivity index (χ1v) is 5.86. The molecule has 1 rings (SSSR count). The Bertz CT molecular complexity index is 379. The smallest absolute Gasteiger partial charge is 0.205 e. The Balaban J connectivity index is 3.06. The van der Waals surface area contributed by atoms with Gasteiger partial charge in [-0.15, -0.1) is 0 Å². The average molecular weight is 202 g/mol. The van der Waals surface area contributed by atoms with Gasteiger partial charge in [0.15, 0.2) is 0 Å². The summed E-state index contributed by atoms with van der Waals surface area (Å²) < 4.78 is 23.7. The molecule has 0 atom stereocenters. The molecule has 1 aromatic heterocycles. The molecule has 0 amide bonds. The Labute approximate surface area is 78.6 Å². The molecule has 0 spiro atoms. The molecule has 0 N–H and O–H groups in total. The van der Waals surface area contributed by atoms with Gasteiger partial charge in [0, 0.05) is 6.20 Å². The number of aromatic nitrogens is 2. The molecular formula is C8H14N2O2S. The van der Waals surface area contributed by atoms with E-state index in [4.69, 9.17) is 0 Å². The molecule has 0 unspecified atom stereocenters. The summed E-state index contributed by atoms with van der Waals surface area (Å²) >= 11 is 0. The van der Waals surface area contributed by atoms with Gasteiger partial charge in [0.05, 0.1) is 11.9 Å². The third-order valence-corrected chi connectivity index (χ3v) is 3.40. The Hall–Kier alpha value is -0.840. The van der Waals surface area contributed by atoms with Crippen molar-refractivity contribution >= 4 is 10.0 Å². The zero-order chi connectivity index (χ0) is 10.1. The molecule has 0 aliphatic carbocycles. The molecule has 0 fully saturated rings. The van der Waals surface area contributed by atoms with Crippen molar-refractivity contribution in [1.82, 2.24) is 9.19 Å². The predicted octanol–water partition coefficient (Wildman–Crippen LogP) is 1.20. The van der Waals surface area contributed by atoms with E-state index in [9.17, 15) is 8.42 Å². The van der Waals surface area contributed by atoms with E-state index in [1.54, 1.807) is 19.3 Å². The molecule has 0 saturated carbocycles. The molecule has 0 aromatic carbocycles. The number of nitrogens with zero attached hydrogens (tertiary/aromatic N) is 2. The second-order valence-electron chi connectivity index (χ2n) is 3.20. The van der Waals surface area contributed by atoms with Crippen LogP contribution in [0.5, 0.6) is 0 Å². The van der Waals surface area contributed by atoms with Gasteiger partial charge in [0.2, 0.25) is 0 Å². The third-order valence-electron chi connectivity index (χ3n) is 1.90. The van der Waals surface area contributed by atoms with Crippen LogP contribution in [0.25, 0.3) is 0 Å². The van der Waals surface area contributed by atoms with E-state index in [1.807, 2.05) is 13.8 Å². The zero-order valence-electron chi connectivity index (χ0n) is 8.06. The van der Waals surface area contributed by atoms with E-state index in [2.05, 4.69) is 5.10 Å². The maximum atomic E-state index is 11.3. The van der Waals surface area contributed by atoms with E-state index >= 15 is 0 Å². The highest BCUT2D eigenvalue weighted by atomic mass is 32.2. The summed E-state index contributed by atoms with van der Waals surface area (Å²) in [4.78, 5) is 0. The molecule has 0 bridgehead atoms. The second kappa shape index (κ2) is 3.49. The van der Waals surface area contributed by atoms with Crippen molar-refractivity contribution in [1.29, 1.82) is 0 Å². The van der Waals surface area contributed by atoms with Crippen LogP contribution in [0.1, 0.15) is 32.3 Å². The molecule has 5 heteroatoms. The zero-order valence-corrected chi connectivity index (χ0v) is 8.87. The van der Waals surface area contributed by atoms with Crippen LogP contribution in [0.4, 0.5) is 0 Å². The molecule has 4 nitrogen and oxygen atoms in total. The standard InChI is InChI=1S/C8H14N2O2S/c1-4-13(11,12)10-6-8(5-9-10)7(2)3/h5-7H,4H2,1-3H3. The lowest BCUT2D eigenvalue weighted by atomic mass is 10.1. The van der Waals surface area contributed by atoms with Crippen molar-refractivity contribution in [3.8, 4) is 0 Å². The lowest BCUT2D eigenvalue weighted by molar-refractivity contribution is 0.581. The third kappa shape index (κ3) is 2.09. The van der Waals surface area contributed by atoms with Crippen LogP contribution in [0.3, 0.4) is 0 Å². The Kier molecular flexibility index (Phi) is 2.75. The number of hydrogen-bond acceptors (Lipinski definition) is 3. The lowest BCUT2D eigenvalue weighted by Gasteiger charge is -2.00. The van der Waals surface area contributed by atoms with E-state index in [1.165, 1.54) is 0 Å². The van der Waals surface area contributed by atoms with Crippen molar-refractivity contribution in [3.63, 3.8) is 0 Å². The maximum Gasteiger partial charge on any atom is 0.253 e. The molecule has 74 valence electrons. The van der Waals surface area contributed by atoms with Crippen LogP contribution in [0, 0.1) is 0 Å². The summed E-state index contributed by atoms with van der Waals surface area (Å²) in [5, 5.41) is 3.81. The fraction of sp³-hybridized carbons (Fsp3) is 0.625. The lowest BCUT2D eigenvalue weighted by Crippen LogP contribution is -2.14. The maximum absolute atomic E-state index is 11.3. The summed E-state index contributed by atoms with van der Waals surface area (Å²) in [7, 11) is -3.21. The normalized spacial score (nSPS) is 12.3. The molecular weight excluding hydrogens is 188 g/mol. The van der Waals surface area contributed by atoms with E-state index < -0.39 is 10.0 Å². The molecule has 0 aliphatic rings. The minimum absolute atomic E-state index is 0.0756. The van der Waals surface area contributed by atoms with Crippen LogP contribution in [0.15, 0.2) is 12.4 Å². The minimum atomic E-state index is -3.21. The van der Waals surface area contributed by atoms with Gasteiger partial charge >= 0.3 is 0 Å². The van der Waals surface area contributed by atoms with Gasteiger partial charge < -0.3 is 0 Å². The summed E-state index contributed by atoms with van der Waals surface area (Å²) in [6, 6.07) is 0. The number of hydrogen-bond donors (Lipinski definition) is 0. The molecule has 13 heavy (non-hydrogen) atoms. The van der Waals surface area contributed by atoms with Crippen molar-refractivity contribution in [3.05, 3.63) is 18.0 Å². The van der Waals surface area contributed by atoms with Crippen LogP contribution < -0.4 is 0 Å². The van der Waals surface area contributed by atoms with E-state index in [0.29, 0.717) is 5.92 Å². The summed E-state index contributed by atoms with van der Waals surface area (Å²) in [5.41, 5.74) is 0.942. The molecule has 0 saturated heterocycles. The Morgan fingerprint density at radius 1 is 1.54 bits per heavy atom. The highest BCUT2D eigenvalue weighted by molar-refractivity contribution is 7.89. The summed E-state index contributed by atoms with van der Waals surface area (Å²) in [6.45, 7) is 5.60.